The fourth-order valence-electron chi connectivity index (χ4n) is 3.84. The van der Waals surface area contributed by atoms with Gasteiger partial charge < -0.3 is 10.1 Å². The standard InChI is InChI=1S/C24H29FN2O5S/c1-15-12-13-18(33(30,31)27-22-11-7-5-9-20(22)25)14-19(15)24(29)32-17(3)23(28)26-21-10-6-4-8-16(21)2/h5,7,9,11-14,16-17,21,27H,4,6,8,10H2,1-3H3,(H,26,28). The fourth-order valence-corrected chi connectivity index (χ4v) is 4.94. The molecule has 0 aliphatic heterocycles. The van der Waals surface area contributed by atoms with Gasteiger partial charge in [0.25, 0.3) is 15.9 Å². The van der Waals surface area contributed by atoms with Crippen molar-refractivity contribution in [1.29, 1.82) is 0 Å². The van der Waals surface area contributed by atoms with Crippen LogP contribution in [0.2, 0.25) is 0 Å². The molecule has 33 heavy (non-hydrogen) atoms. The summed E-state index contributed by atoms with van der Waals surface area (Å²) in [4.78, 5) is 25.1. The lowest BCUT2D eigenvalue weighted by atomic mass is 9.86. The Balaban J connectivity index is 1.72. The van der Waals surface area contributed by atoms with E-state index in [1.165, 1.54) is 37.3 Å². The number of anilines is 1. The Bertz CT molecular complexity index is 1140. The van der Waals surface area contributed by atoms with Crippen molar-refractivity contribution in [2.75, 3.05) is 4.72 Å². The number of amides is 1. The highest BCUT2D eigenvalue weighted by molar-refractivity contribution is 7.92. The zero-order chi connectivity index (χ0) is 24.2. The number of benzene rings is 2. The molecule has 1 aliphatic carbocycles. The molecule has 2 aromatic carbocycles. The number of carbonyl (C=O) groups excluding carboxylic acids is 2. The van der Waals surface area contributed by atoms with Gasteiger partial charge in [-0.2, -0.15) is 0 Å². The average molecular weight is 477 g/mol. The first kappa shape index (κ1) is 24.7. The first-order chi connectivity index (χ1) is 15.6. The molecule has 0 radical (unpaired) electrons. The van der Waals surface area contributed by atoms with Crippen LogP contribution in [-0.4, -0.2) is 32.4 Å². The first-order valence-corrected chi connectivity index (χ1v) is 12.5. The summed E-state index contributed by atoms with van der Waals surface area (Å²) < 4.78 is 46.8. The summed E-state index contributed by atoms with van der Waals surface area (Å²) in [5, 5.41) is 2.95. The van der Waals surface area contributed by atoms with E-state index in [1.54, 1.807) is 6.92 Å². The molecule has 9 heteroatoms. The quantitative estimate of drug-likeness (QED) is 0.584. The molecule has 2 aromatic rings. The van der Waals surface area contributed by atoms with E-state index < -0.39 is 27.9 Å². The number of sulfonamides is 1. The third kappa shape index (κ3) is 6.10. The van der Waals surface area contributed by atoms with Gasteiger partial charge in [-0.25, -0.2) is 17.6 Å². The summed E-state index contributed by atoms with van der Waals surface area (Å²) >= 11 is 0. The van der Waals surface area contributed by atoms with Crippen molar-refractivity contribution < 1.29 is 27.1 Å². The van der Waals surface area contributed by atoms with Crippen LogP contribution in [0.4, 0.5) is 10.1 Å². The van der Waals surface area contributed by atoms with Crippen LogP contribution in [0, 0.1) is 18.7 Å². The van der Waals surface area contributed by atoms with Gasteiger partial charge in [0.15, 0.2) is 6.10 Å². The van der Waals surface area contributed by atoms with Gasteiger partial charge >= 0.3 is 5.97 Å². The van der Waals surface area contributed by atoms with Crippen molar-refractivity contribution in [3.63, 3.8) is 0 Å². The lowest BCUT2D eigenvalue weighted by Crippen LogP contribution is -2.46. The molecule has 3 atom stereocenters. The Morgan fingerprint density at radius 2 is 1.82 bits per heavy atom. The molecule has 7 nitrogen and oxygen atoms in total. The zero-order valence-electron chi connectivity index (χ0n) is 18.9. The van der Waals surface area contributed by atoms with Crippen LogP contribution < -0.4 is 10.0 Å². The van der Waals surface area contributed by atoms with E-state index in [4.69, 9.17) is 4.74 Å². The van der Waals surface area contributed by atoms with Crippen molar-refractivity contribution >= 4 is 27.6 Å². The second-order valence-electron chi connectivity index (χ2n) is 8.49. The second-order valence-corrected chi connectivity index (χ2v) is 10.2. The molecule has 1 aliphatic rings. The Morgan fingerprint density at radius 1 is 1.12 bits per heavy atom. The minimum atomic E-state index is -4.16. The van der Waals surface area contributed by atoms with E-state index in [0.717, 1.165) is 37.8 Å². The molecule has 0 aromatic heterocycles. The molecule has 2 N–H and O–H groups in total. The molecule has 1 fully saturated rings. The number of para-hydroxylation sites is 1. The number of ether oxygens (including phenoxy) is 1. The van der Waals surface area contributed by atoms with E-state index in [-0.39, 0.29) is 28.1 Å². The third-order valence-corrected chi connectivity index (χ3v) is 7.31. The monoisotopic (exact) mass is 476 g/mol. The second kappa shape index (κ2) is 10.3. The molecule has 3 rings (SSSR count). The smallest absolute Gasteiger partial charge is 0.339 e. The van der Waals surface area contributed by atoms with Crippen LogP contribution >= 0.6 is 0 Å². The number of hydrogen-bond donors (Lipinski definition) is 2. The highest BCUT2D eigenvalue weighted by atomic mass is 32.2. The Labute approximate surface area is 193 Å². The molecule has 0 bridgehead atoms. The first-order valence-electron chi connectivity index (χ1n) is 11.0. The summed E-state index contributed by atoms with van der Waals surface area (Å²) in [5.74, 6) is -1.56. The number of halogens is 1. The van der Waals surface area contributed by atoms with Gasteiger partial charge in [-0.15, -0.1) is 0 Å². The van der Waals surface area contributed by atoms with Crippen molar-refractivity contribution in [1.82, 2.24) is 5.32 Å². The molecule has 1 amide bonds. The molecule has 0 heterocycles. The lowest BCUT2D eigenvalue weighted by molar-refractivity contribution is -0.130. The zero-order valence-corrected chi connectivity index (χ0v) is 19.7. The molecule has 0 spiro atoms. The molecular weight excluding hydrogens is 447 g/mol. The molecule has 178 valence electrons. The van der Waals surface area contributed by atoms with E-state index in [9.17, 15) is 22.4 Å². The summed E-state index contributed by atoms with van der Waals surface area (Å²) in [6.45, 7) is 5.20. The maximum atomic E-state index is 13.9. The summed E-state index contributed by atoms with van der Waals surface area (Å²) in [7, 11) is -4.16. The van der Waals surface area contributed by atoms with Crippen LogP contribution in [0.15, 0.2) is 47.4 Å². The number of nitrogens with one attached hydrogen (secondary N) is 2. The third-order valence-electron chi connectivity index (χ3n) is 5.95. The average Bonchev–Trinajstić information content (AvgIpc) is 2.76. The summed E-state index contributed by atoms with van der Waals surface area (Å²) in [6, 6.07) is 9.36. The van der Waals surface area contributed by atoms with Gasteiger partial charge in [-0.1, -0.05) is 38.0 Å². The van der Waals surface area contributed by atoms with Crippen LogP contribution in [0.3, 0.4) is 0 Å². The van der Waals surface area contributed by atoms with Gasteiger partial charge in [-0.05, 0) is 62.4 Å². The van der Waals surface area contributed by atoms with E-state index in [2.05, 4.69) is 17.0 Å². The van der Waals surface area contributed by atoms with Gasteiger partial charge in [-0.3, -0.25) is 9.52 Å². The molecule has 1 saturated carbocycles. The normalized spacial score (nSPS) is 19.4. The molecule has 3 unspecified atom stereocenters. The maximum absolute atomic E-state index is 13.9. The number of esters is 1. The van der Waals surface area contributed by atoms with Gasteiger partial charge in [0, 0.05) is 6.04 Å². The van der Waals surface area contributed by atoms with Gasteiger partial charge in [0.2, 0.25) is 0 Å². The largest absolute Gasteiger partial charge is 0.449 e. The van der Waals surface area contributed by atoms with Gasteiger partial charge in [0.05, 0.1) is 16.1 Å². The molecular formula is C24H29FN2O5S. The number of aryl methyl sites for hydroxylation is 1. The predicted molar refractivity (Wildman–Crippen MR) is 123 cm³/mol. The summed E-state index contributed by atoms with van der Waals surface area (Å²) in [5.41, 5.74) is 0.292. The number of rotatable bonds is 7. The van der Waals surface area contributed by atoms with Crippen LogP contribution in [-0.2, 0) is 19.6 Å². The van der Waals surface area contributed by atoms with Crippen LogP contribution in [0.1, 0.15) is 55.5 Å². The minimum Gasteiger partial charge on any atom is -0.449 e. The predicted octanol–water partition coefficient (Wildman–Crippen LogP) is 4.18. The number of carbonyl (C=O) groups is 2. The SMILES string of the molecule is Cc1ccc(S(=O)(=O)Nc2ccccc2F)cc1C(=O)OC(C)C(=O)NC1CCCCC1C. The van der Waals surface area contributed by atoms with E-state index in [1.807, 2.05) is 0 Å². The molecule has 0 saturated heterocycles. The maximum Gasteiger partial charge on any atom is 0.339 e. The Hall–Kier alpha value is -2.94. The van der Waals surface area contributed by atoms with Crippen LogP contribution in [0.25, 0.3) is 0 Å². The van der Waals surface area contributed by atoms with Crippen molar-refractivity contribution in [3.05, 3.63) is 59.4 Å². The topological polar surface area (TPSA) is 102 Å². The van der Waals surface area contributed by atoms with E-state index in [0.29, 0.717) is 11.5 Å². The van der Waals surface area contributed by atoms with Crippen LogP contribution in [0.5, 0.6) is 0 Å². The minimum absolute atomic E-state index is 0.0112. The van der Waals surface area contributed by atoms with Crippen molar-refractivity contribution in [2.45, 2.75) is 63.5 Å². The van der Waals surface area contributed by atoms with Gasteiger partial charge in [0.1, 0.15) is 5.82 Å². The summed E-state index contributed by atoms with van der Waals surface area (Å²) in [6.07, 6.45) is 3.08. The van der Waals surface area contributed by atoms with Crippen molar-refractivity contribution in [3.8, 4) is 0 Å². The van der Waals surface area contributed by atoms with Crippen molar-refractivity contribution in [2.24, 2.45) is 5.92 Å². The highest BCUT2D eigenvalue weighted by Crippen LogP contribution is 2.24. The lowest BCUT2D eigenvalue weighted by Gasteiger charge is -2.30. The fraction of sp³-hybridized carbons (Fsp3) is 0.417. The number of hydrogen-bond acceptors (Lipinski definition) is 5. The Kier molecular flexibility index (Phi) is 7.73. The highest BCUT2D eigenvalue weighted by Gasteiger charge is 2.27. The van der Waals surface area contributed by atoms with E-state index >= 15 is 0 Å². The Morgan fingerprint density at radius 3 is 2.52 bits per heavy atom.